The topological polar surface area (TPSA) is 134 Å². The van der Waals surface area contributed by atoms with Gasteiger partial charge in [0.2, 0.25) is 11.7 Å². The number of anilines is 2. The van der Waals surface area contributed by atoms with Crippen molar-refractivity contribution in [2.24, 2.45) is 0 Å². The normalized spacial score (nSPS) is 15.6. The molecule has 7 rings (SSSR count). The zero-order valence-electron chi connectivity index (χ0n) is 27.0. The molecule has 0 spiro atoms. The van der Waals surface area contributed by atoms with Crippen molar-refractivity contribution in [3.8, 4) is 17.1 Å². The van der Waals surface area contributed by atoms with Gasteiger partial charge in [-0.15, -0.1) is 5.10 Å². The van der Waals surface area contributed by atoms with Gasteiger partial charge in [0.05, 0.1) is 17.7 Å². The molecule has 2 N–H and O–H groups in total. The van der Waals surface area contributed by atoms with E-state index in [1.165, 1.54) is 10.8 Å². The minimum absolute atomic E-state index is 0.0471. The monoisotopic (exact) mass is 730 g/mol. The molecule has 51 heavy (non-hydrogen) atoms. The van der Waals surface area contributed by atoms with Crippen LogP contribution in [0.4, 0.5) is 30.8 Å². The minimum atomic E-state index is -9.90. The smallest absolute Gasteiger partial charge is 0.310 e. The van der Waals surface area contributed by atoms with Gasteiger partial charge in [-0.1, -0.05) is 38.5 Å². The number of hydrogen-bond acceptors (Lipinski definition) is 9. The summed E-state index contributed by atoms with van der Waals surface area (Å²) in [5.74, 6) is -0.387. The van der Waals surface area contributed by atoms with Crippen molar-refractivity contribution >= 4 is 44.3 Å². The molecule has 1 amide bonds. The van der Waals surface area contributed by atoms with Crippen molar-refractivity contribution in [3.05, 3.63) is 94.9 Å². The van der Waals surface area contributed by atoms with Gasteiger partial charge < -0.3 is 24.3 Å². The van der Waals surface area contributed by atoms with E-state index in [4.69, 9.17) is 4.42 Å². The molecule has 1 fully saturated rings. The van der Waals surface area contributed by atoms with E-state index < -0.39 is 33.1 Å². The number of fused-ring (bicyclic) bond motifs is 2. The first kappa shape index (κ1) is 34.0. The number of aromatic nitrogens is 5. The van der Waals surface area contributed by atoms with E-state index in [1.54, 1.807) is 36.5 Å². The molecule has 0 radical (unpaired) electrons. The third-order valence-electron chi connectivity index (χ3n) is 8.69. The average Bonchev–Trinajstić information content (AvgIpc) is 3.74. The molecule has 1 saturated heterocycles. The lowest BCUT2D eigenvalue weighted by atomic mass is 10.1. The van der Waals surface area contributed by atoms with Gasteiger partial charge in [0.1, 0.15) is 28.5 Å². The van der Waals surface area contributed by atoms with E-state index in [1.807, 2.05) is 17.9 Å². The summed E-state index contributed by atoms with van der Waals surface area (Å²) < 4.78 is 74.4. The Morgan fingerprint density at radius 2 is 1.75 bits per heavy atom. The summed E-state index contributed by atoms with van der Waals surface area (Å²) in [6.45, 7) is 3.67. The number of aromatic hydroxyl groups is 1. The molecule has 1 aliphatic rings. The van der Waals surface area contributed by atoms with E-state index >= 15 is 0 Å². The number of carbonyl (C=O) groups excluding carboxylic acids is 1. The third kappa shape index (κ3) is 6.83. The number of nitrogens with one attached hydrogen (secondary N) is 1. The summed E-state index contributed by atoms with van der Waals surface area (Å²) in [7, 11) is -9.90. The van der Waals surface area contributed by atoms with E-state index in [0.717, 1.165) is 22.0 Å². The second-order valence-electron chi connectivity index (χ2n) is 12.1. The number of halogens is 5. The van der Waals surface area contributed by atoms with Gasteiger partial charge >= 0.3 is 10.2 Å². The Bertz CT molecular complexity index is 2350. The van der Waals surface area contributed by atoms with Crippen LogP contribution in [0.15, 0.2) is 87.2 Å². The zero-order chi connectivity index (χ0) is 36.2. The number of benzene rings is 2. The van der Waals surface area contributed by atoms with E-state index in [9.17, 15) is 34.1 Å². The molecule has 2 aromatic carbocycles. The number of hydrogen-bond donors (Lipinski definition) is 2. The van der Waals surface area contributed by atoms with Gasteiger partial charge in [-0.3, -0.25) is 19.5 Å². The second kappa shape index (κ2) is 11.8. The minimum Gasteiger partial charge on any atom is -0.506 e. The number of carbonyl (C=O) groups is 1. The van der Waals surface area contributed by atoms with E-state index in [-0.39, 0.29) is 41.6 Å². The highest BCUT2D eigenvalue weighted by Gasteiger charge is 2.65. The molecule has 4 aromatic heterocycles. The number of nitrogens with zero attached hydrogens (tertiary/aromatic N) is 7. The largest absolute Gasteiger partial charge is 0.506 e. The molecular formula is C33H31F5N8O4S. The van der Waals surface area contributed by atoms with Crippen molar-refractivity contribution in [2.45, 2.75) is 31.3 Å². The quantitative estimate of drug-likeness (QED) is 0.158. The predicted molar refractivity (Wildman–Crippen MR) is 182 cm³/mol. The first-order valence-electron chi connectivity index (χ1n) is 15.8. The second-order valence-corrected chi connectivity index (χ2v) is 14.5. The number of pyridine rings is 1. The van der Waals surface area contributed by atoms with Gasteiger partial charge in [-0.2, -0.15) is 9.50 Å². The summed E-state index contributed by atoms with van der Waals surface area (Å²) in [4.78, 5) is 38.5. The van der Waals surface area contributed by atoms with Gasteiger partial charge in [0, 0.05) is 55.6 Å². The predicted octanol–water partition coefficient (Wildman–Crippen LogP) is 6.59. The van der Waals surface area contributed by atoms with E-state index in [0.29, 0.717) is 60.9 Å². The van der Waals surface area contributed by atoms with Crippen molar-refractivity contribution in [1.82, 2.24) is 29.0 Å². The van der Waals surface area contributed by atoms with Crippen LogP contribution in [-0.4, -0.2) is 66.2 Å². The number of amides is 1. The van der Waals surface area contributed by atoms with Crippen LogP contribution in [0.25, 0.3) is 28.1 Å². The molecule has 0 aliphatic carbocycles. The van der Waals surface area contributed by atoms with E-state index in [2.05, 4.69) is 25.3 Å². The summed E-state index contributed by atoms with van der Waals surface area (Å²) in [6.07, 6.45) is 3.43. The Balaban J connectivity index is 1.24. The van der Waals surface area contributed by atoms with Crippen molar-refractivity contribution in [3.63, 3.8) is 0 Å². The lowest BCUT2D eigenvalue weighted by molar-refractivity contribution is -0.116. The van der Waals surface area contributed by atoms with Gasteiger partial charge in [-0.05, 0) is 55.0 Å². The molecule has 0 saturated carbocycles. The maximum absolute atomic E-state index is 14.2. The molecule has 12 nitrogen and oxygen atoms in total. The number of rotatable bonds is 9. The third-order valence-corrected chi connectivity index (χ3v) is 9.85. The summed E-state index contributed by atoms with van der Waals surface area (Å²) in [5, 5.41) is 18.0. The highest BCUT2D eigenvalue weighted by molar-refractivity contribution is 8.45. The highest BCUT2D eigenvalue weighted by atomic mass is 32.5. The lowest BCUT2D eigenvalue weighted by Crippen LogP contribution is -2.48. The fraction of sp³-hybridized carbons (Fsp3) is 0.242. The van der Waals surface area contributed by atoms with Gasteiger partial charge in [0.15, 0.2) is 5.82 Å². The van der Waals surface area contributed by atoms with Gasteiger partial charge in [0.25, 0.3) is 5.56 Å². The first-order chi connectivity index (χ1) is 24.1. The van der Waals surface area contributed by atoms with Crippen molar-refractivity contribution in [1.29, 1.82) is 0 Å². The SMILES string of the molecule is CCc1c(N2CCN(Cc3ncccc3O)CC2)c(=O)n2nc(-c3ccc4ccoc4c3)nc2n1CC(=O)Nc1ccc(S(F)(F)(F)(F)F)cc1. The Labute approximate surface area is 286 Å². The Kier molecular flexibility index (Phi) is 7.86. The van der Waals surface area contributed by atoms with Crippen LogP contribution in [0, 0.1) is 0 Å². The van der Waals surface area contributed by atoms with Crippen molar-refractivity contribution in [2.75, 3.05) is 36.4 Å². The molecule has 5 heterocycles. The maximum atomic E-state index is 14.2. The first-order valence-corrected chi connectivity index (χ1v) is 17.8. The zero-order valence-corrected chi connectivity index (χ0v) is 27.8. The molecule has 0 atom stereocenters. The molecule has 6 aromatic rings. The number of piperazine rings is 1. The summed E-state index contributed by atoms with van der Waals surface area (Å²) in [6, 6.07) is 12.3. The van der Waals surface area contributed by atoms with Crippen LogP contribution >= 0.6 is 10.2 Å². The number of furan rings is 1. The van der Waals surface area contributed by atoms with Crippen LogP contribution in [0.3, 0.4) is 0 Å². The maximum Gasteiger partial charge on any atom is 0.310 e. The van der Waals surface area contributed by atoms with Crippen LogP contribution in [-0.2, 0) is 24.3 Å². The van der Waals surface area contributed by atoms with Crippen molar-refractivity contribution < 1.29 is 33.7 Å². The molecule has 268 valence electrons. The Hall–Kier alpha value is -5.49. The lowest BCUT2D eigenvalue weighted by Gasteiger charge is -2.40. The summed E-state index contributed by atoms with van der Waals surface area (Å²) in [5.41, 5.74) is 1.83. The fourth-order valence-electron chi connectivity index (χ4n) is 6.18. The standard InChI is InChI=1S/C33H31F5N8O4S/c1-2-26-30(44-15-13-43(14-16-44)19-25-27(47)4-3-12-39-25)32(49)46-33(41-31(42-46)22-6-5-21-11-17-50-28(21)18-22)45(26)20-29(48)40-23-7-9-24(10-8-23)51(34,35,36,37)38/h3-12,17-18,47H,2,13-16,19-20H2,1H3,(H,40,48). The highest BCUT2D eigenvalue weighted by Crippen LogP contribution is 3.02. The van der Waals surface area contributed by atoms with Crippen LogP contribution in [0.5, 0.6) is 5.75 Å². The van der Waals surface area contributed by atoms with Gasteiger partial charge in [-0.25, -0.2) is 0 Å². The molecule has 18 heteroatoms. The van der Waals surface area contributed by atoms with Crippen LogP contribution in [0.1, 0.15) is 18.3 Å². The molecular weight excluding hydrogens is 699 g/mol. The summed E-state index contributed by atoms with van der Waals surface area (Å²) >= 11 is 0. The Morgan fingerprint density at radius 3 is 2.43 bits per heavy atom. The van der Waals surface area contributed by atoms with Crippen LogP contribution < -0.4 is 15.8 Å². The molecule has 0 unspecified atom stereocenters. The fourth-order valence-corrected chi connectivity index (χ4v) is 6.83. The molecule has 1 aliphatic heterocycles. The van der Waals surface area contributed by atoms with Crippen LogP contribution in [0.2, 0.25) is 0 Å². The Morgan fingerprint density at radius 1 is 1.00 bits per heavy atom. The average molecular weight is 731 g/mol. The molecule has 0 bridgehead atoms.